The lowest BCUT2D eigenvalue weighted by Crippen LogP contribution is -2.77. The molecular formula is C33H44O13. The normalized spacial score (nSPS) is 40.2. The van der Waals surface area contributed by atoms with Gasteiger partial charge >= 0.3 is 29.8 Å². The van der Waals surface area contributed by atoms with Crippen molar-refractivity contribution in [1.82, 2.24) is 0 Å². The van der Waals surface area contributed by atoms with E-state index in [4.69, 9.17) is 32.8 Å². The second kappa shape index (κ2) is 11.1. The Morgan fingerprint density at radius 1 is 1.04 bits per heavy atom. The van der Waals surface area contributed by atoms with Crippen LogP contribution in [0.15, 0.2) is 23.0 Å². The summed E-state index contributed by atoms with van der Waals surface area (Å²) in [6.45, 7) is 12.4. The number of methoxy groups -OCH3 is 1. The van der Waals surface area contributed by atoms with Gasteiger partial charge in [0.2, 0.25) is 0 Å². The third-order valence-electron chi connectivity index (χ3n) is 11.4. The zero-order chi connectivity index (χ0) is 34.2. The average Bonchev–Trinajstić information content (AvgIpc) is 3.50. The molecule has 0 amide bonds. The first-order valence-corrected chi connectivity index (χ1v) is 15.5. The highest BCUT2D eigenvalue weighted by Crippen LogP contribution is 2.80. The highest BCUT2D eigenvalue weighted by atomic mass is 16.7. The Morgan fingerprint density at radius 3 is 2.22 bits per heavy atom. The lowest BCUT2D eigenvalue weighted by molar-refractivity contribution is -0.307. The van der Waals surface area contributed by atoms with Crippen molar-refractivity contribution in [2.75, 3.05) is 7.11 Å². The molecule has 1 N–H and O–H groups in total. The molecule has 11 atom stereocenters. The average molecular weight is 649 g/mol. The Morgan fingerprint density at radius 2 is 1.70 bits per heavy atom. The Labute approximate surface area is 267 Å². The molecule has 2 saturated carbocycles. The molecular weight excluding hydrogens is 604 g/mol. The van der Waals surface area contributed by atoms with Gasteiger partial charge in [-0.1, -0.05) is 20.8 Å². The van der Waals surface area contributed by atoms with E-state index in [2.05, 4.69) is 0 Å². The summed E-state index contributed by atoms with van der Waals surface area (Å²) in [4.78, 5) is 64.9. The predicted octanol–water partition coefficient (Wildman–Crippen LogP) is 3.20. The highest BCUT2D eigenvalue weighted by Gasteiger charge is 2.90. The molecule has 1 aromatic heterocycles. The van der Waals surface area contributed by atoms with Crippen molar-refractivity contribution in [3.63, 3.8) is 0 Å². The summed E-state index contributed by atoms with van der Waals surface area (Å²) >= 11 is 0. The molecule has 2 aliphatic heterocycles. The molecule has 0 bridgehead atoms. The number of esters is 5. The fraction of sp³-hybridized carbons (Fsp3) is 0.727. The number of furan rings is 1. The molecule has 0 aromatic carbocycles. The molecule has 13 heteroatoms. The van der Waals surface area contributed by atoms with Gasteiger partial charge in [0.15, 0.2) is 6.10 Å². The van der Waals surface area contributed by atoms with Crippen LogP contribution in [-0.4, -0.2) is 77.7 Å². The van der Waals surface area contributed by atoms with Crippen LogP contribution in [-0.2, 0) is 52.4 Å². The fourth-order valence-corrected chi connectivity index (χ4v) is 10.0. The summed E-state index contributed by atoms with van der Waals surface area (Å²) in [5, 5.41) is 11.8. The first-order valence-electron chi connectivity index (χ1n) is 15.5. The van der Waals surface area contributed by atoms with Gasteiger partial charge in [0.05, 0.1) is 31.7 Å². The van der Waals surface area contributed by atoms with Gasteiger partial charge < -0.3 is 37.9 Å². The van der Waals surface area contributed by atoms with E-state index in [0.717, 1.165) is 0 Å². The molecule has 46 heavy (non-hydrogen) atoms. The SMILES string of the molecule is COC(=O)CC(OC(C)=O)C1(C)C(C(C)(C)O)CC(OC(C)=O)C2(C)C1C(OC(C)=O)CC1(C)C(c3ccoc3)OC(=O)C3OC312. The van der Waals surface area contributed by atoms with Crippen LogP contribution in [0.2, 0.25) is 0 Å². The molecule has 1 aromatic rings. The van der Waals surface area contributed by atoms with E-state index >= 15 is 0 Å². The molecule has 13 nitrogen and oxygen atoms in total. The predicted molar refractivity (Wildman–Crippen MR) is 155 cm³/mol. The van der Waals surface area contributed by atoms with Crippen LogP contribution < -0.4 is 0 Å². The van der Waals surface area contributed by atoms with Crippen molar-refractivity contribution < 1.29 is 61.9 Å². The van der Waals surface area contributed by atoms with E-state index in [1.165, 1.54) is 40.4 Å². The second-order valence-corrected chi connectivity index (χ2v) is 14.4. The molecule has 3 heterocycles. The summed E-state index contributed by atoms with van der Waals surface area (Å²) in [6.07, 6.45) is -2.48. The number of ether oxygens (including phenoxy) is 6. The summed E-state index contributed by atoms with van der Waals surface area (Å²) < 4.78 is 41.1. The maximum atomic E-state index is 13.6. The molecule has 0 radical (unpaired) electrons. The number of fused-ring (bicyclic) bond motifs is 1. The zero-order valence-corrected chi connectivity index (χ0v) is 27.7. The molecule has 5 rings (SSSR count). The molecule has 254 valence electrons. The summed E-state index contributed by atoms with van der Waals surface area (Å²) in [7, 11) is 1.21. The minimum absolute atomic E-state index is 0.0254. The van der Waals surface area contributed by atoms with E-state index in [1.54, 1.807) is 26.8 Å². The van der Waals surface area contributed by atoms with Crippen LogP contribution in [0.25, 0.3) is 0 Å². The monoisotopic (exact) mass is 648 g/mol. The number of hydrogen-bond donors (Lipinski definition) is 1. The summed E-state index contributed by atoms with van der Waals surface area (Å²) in [6, 6.07) is 1.68. The first-order chi connectivity index (χ1) is 21.3. The second-order valence-electron chi connectivity index (χ2n) is 14.4. The first kappa shape index (κ1) is 33.9. The van der Waals surface area contributed by atoms with Crippen molar-refractivity contribution in [2.24, 2.45) is 28.1 Å². The van der Waals surface area contributed by atoms with E-state index in [0.29, 0.717) is 5.56 Å². The standard InChI is InChI=1S/C33H44O13/c1-16(34)42-20-14-30(6)26(19-10-11-41-15-19)45-28(38)27-33(30,46-27)32(8)23(44-18(3)36)12-21(29(4,5)39)31(7,25(20)32)22(43-17(2)35)13-24(37)40-9/h10-11,15,20-23,25-27,39H,12-14H2,1-9H3. The number of carbonyl (C=O) groups excluding carboxylic acids is 5. The molecule has 1 spiro atoms. The quantitative estimate of drug-likeness (QED) is 0.247. The number of cyclic esters (lactones) is 1. The van der Waals surface area contributed by atoms with Gasteiger partial charge in [-0.25, -0.2) is 4.79 Å². The minimum Gasteiger partial charge on any atom is -0.472 e. The van der Waals surface area contributed by atoms with Crippen molar-refractivity contribution in [3.8, 4) is 0 Å². The maximum absolute atomic E-state index is 13.6. The van der Waals surface area contributed by atoms with Gasteiger partial charge in [0.1, 0.15) is 30.0 Å². The number of hydrogen-bond acceptors (Lipinski definition) is 13. The van der Waals surface area contributed by atoms with Crippen LogP contribution in [0.4, 0.5) is 0 Å². The highest BCUT2D eigenvalue weighted by molar-refractivity contribution is 5.82. The van der Waals surface area contributed by atoms with Crippen molar-refractivity contribution >= 4 is 29.8 Å². The molecule has 11 unspecified atom stereocenters. The third kappa shape index (κ3) is 4.75. The Kier molecular flexibility index (Phi) is 8.16. The zero-order valence-electron chi connectivity index (χ0n) is 27.7. The topological polar surface area (TPSA) is 177 Å². The van der Waals surface area contributed by atoms with Gasteiger partial charge in [-0.2, -0.15) is 0 Å². The van der Waals surface area contributed by atoms with Gasteiger partial charge in [0, 0.05) is 48.5 Å². The molecule has 4 fully saturated rings. The van der Waals surface area contributed by atoms with Gasteiger partial charge in [-0.05, 0) is 38.7 Å². The summed E-state index contributed by atoms with van der Waals surface area (Å²) in [5.74, 6) is -4.92. The van der Waals surface area contributed by atoms with Gasteiger partial charge in [-0.15, -0.1) is 0 Å². The van der Waals surface area contributed by atoms with E-state index in [-0.39, 0.29) is 19.3 Å². The molecule has 2 saturated heterocycles. The third-order valence-corrected chi connectivity index (χ3v) is 11.4. The number of carbonyl (C=O) groups is 5. The number of epoxide rings is 1. The minimum atomic E-state index is -1.50. The fourth-order valence-electron chi connectivity index (χ4n) is 10.0. The van der Waals surface area contributed by atoms with Crippen LogP contribution in [0.3, 0.4) is 0 Å². The van der Waals surface area contributed by atoms with Crippen LogP contribution in [0.1, 0.15) is 86.3 Å². The van der Waals surface area contributed by atoms with Crippen LogP contribution >= 0.6 is 0 Å². The van der Waals surface area contributed by atoms with E-state index in [9.17, 15) is 29.1 Å². The van der Waals surface area contributed by atoms with Crippen molar-refractivity contribution in [3.05, 3.63) is 24.2 Å². The van der Waals surface area contributed by atoms with Crippen molar-refractivity contribution in [2.45, 2.75) is 116 Å². The Balaban J connectivity index is 1.84. The summed E-state index contributed by atoms with van der Waals surface area (Å²) in [5.41, 5.74) is -6.06. The Bertz CT molecular complexity index is 1410. The number of rotatable bonds is 8. The van der Waals surface area contributed by atoms with Crippen molar-refractivity contribution in [1.29, 1.82) is 0 Å². The lowest BCUT2D eigenvalue weighted by atomic mass is 9.35. The largest absolute Gasteiger partial charge is 0.472 e. The van der Waals surface area contributed by atoms with Gasteiger partial charge in [-0.3, -0.25) is 19.2 Å². The maximum Gasteiger partial charge on any atom is 0.339 e. The van der Waals surface area contributed by atoms with E-state index < -0.39 is 99.6 Å². The van der Waals surface area contributed by atoms with Crippen LogP contribution in [0, 0.1) is 28.1 Å². The van der Waals surface area contributed by atoms with E-state index in [1.807, 2.05) is 13.8 Å². The van der Waals surface area contributed by atoms with Crippen LogP contribution in [0.5, 0.6) is 0 Å². The van der Waals surface area contributed by atoms with Gasteiger partial charge in [0.25, 0.3) is 0 Å². The molecule has 2 aliphatic carbocycles. The smallest absolute Gasteiger partial charge is 0.339 e. The lowest BCUT2D eigenvalue weighted by Gasteiger charge is -2.70. The molecule has 4 aliphatic rings. The number of aliphatic hydroxyl groups is 1. The Hall–Kier alpha value is -3.45.